The minimum Gasteiger partial charge on any atom is -0.359 e. The molecule has 0 unspecified atom stereocenters. The van der Waals surface area contributed by atoms with Crippen LogP contribution in [0.5, 0.6) is 0 Å². The summed E-state index contributed by atoms with van der Waals surface area (Å²) in [6.45, 7) is 1.83. The lowest BCUT2D eigenvalue weighted by Crippen LogP contribution is -2.06. The summed E-state index contributed by atoms with van der Waals surface area (Å²) in [5, 5.41) is 0.286. The van der Waals surface area contributed by atoms with Gasteiger partial charge in [-0.2, -0.15) is 0 Å². The monoisotopic (exact) mass is 194 g/mol. The molecule has 0 aliphatic rings. The molecule has 13 heavy (non-hydrogen) atoms. The van der Waals surface area contributed by atoms with Crippen molar-refractivity contribution in [2.45, 2.75) is 6.92 Å². The van der Waals surface area contributed by atoms with Crippen molar-refractivity contribution in [1.29, 1.82) is 0 Å². The predicted octanol–water partition coefficient (Wildman–Crippen LogP) is 0.880. The Morgan fingerprint density at radius 2 is 2.38 bits per heavy atom. The maximum atomic E-state index is 10.4. The number of halogens is 1. The Balaban J connectivity index is 3.16. The topological polar surface area (TPSA) is 56.0 Å². The van der Waals surface area contributed by atoms with Gasteiger partial charge in [0.05, 0.1) is 5.56 Å². The Morgan fingerprint density at radius 1 is 1.69 bits per heavy atom. The zero-order valence-electron chi connectivity index (χ0n) is 6.97. The van der Waals surface area contributed by atoms with Crippen molar-refractivity contribution in [3.05, 3.63) is 28.5 Å². The van der Waals surface area contributed by atoms with E-state index in [2.05, 4.69) is 16.8 Å². The van der Waals surface area contributed by atoms with E-state index in [1.54, 1.807) is 12.3 Å². The fraction of sp³-hybridized carbons (Fsp3) is 0.111. The number of carbonyl (C=O) groups is 1. The molecular formula is C9H7ClN2O. The van der Waals surface area contributed by atoms with Crippen molar-refractivity contribution in [2.24, 2.45) is 5.73 Å². The standard InChI is InChI=1S/C9H7ClN2O/c1-6-4-5-12-9(10)7(6)2-3-8(11)13/h4-5H,1H3,(H2,11,13). The molecule has 1 amide bonds. The number of carbonyl (C=O) groups excluding carboxylic acids is 1. The van der Waals surface area contributed by atoms with Crippen molar-refractivity contribution < 1.29 is 4.79 Å². The number of hydrogen-bond donors (Lipinski definition) is 1. The maximum absolute atomic E-state index is 10.4. The van der Waals surface area contributed by atoms with Gasteiger partial charge in [-0.05, 0) is 18.6 Å². The zero-order valence-corrected chi connectivity index (χ0v) is 7.72. The third kappa shape index (κ3) is 2.46. The maximum Gasteiger partial charge on any atom is 0.293 e. The number of aryl methyl sites for hydroxylation is 1. The number of primary amides is 1. The van der Waals surface area contributed by atoms with Crippen molar-refractivity contribution in [3.8, 4) is 11.8 Å². The van der Waals surface area contributed by atoms with Gasteiger partial charge >= 0.3 is 0 Å². The number of nitrogens with two attached hydrogens (primary N) is 1. The highest BCUT2D eigenvalue weighted by Gasteiger charge is 2.00. The summed E-state index contributed by atoms with van der Waals surface area (Å²) in [5.74, 6) is 4.09. The molecule has 0 aliphatic heterocycles. The molecule has 0 saturated carbocycles. The van der Waals surface area contributed by atoms with Crippen LogP contribution in [0.2, 0.25) is 5.15 Å². The van der Waals surface area contributed by atoms with Crippen LogP contribution in [0.4, 0.5) is 0 Å². The SMILES string of the molecule is Cc1ccnc(Cl)c1C#CC(N)=O. The minimum absolute atomic E-state index is 0.286. The smallest absolute Gasteiger partial charge is 0.293 e. The van der Waals surface area contributed by atoms with E-state index < -0.39 is 5.91 Å². The molecule has 1 heterocycles. The van der Waals surface area contributed by atoms with Crippen molar-refractivity contribution in [2.75, 3.05) is 0 Å². The van der Waals surface area contributed by atoms with Crippen LogP contribution in [0, 0.1) is 18.8 Å². The molecule has 2 N–H and O–H groups in total. The first-order valence-electron chi connectivity index (χ1n) is 3.54. The van der Waals surface area contributed by atoms with E-state index >= 15 is 0 Å². The summed E-state index contributed by atoms with van der Waals surface area (Å²) in [7, 11) is 0. The van der Waals surface area contributed by atoms with Crippen LogP contribution in [0.15, 0.2) is 12.3 Å². The lowest BCUT2D eigenvalue weighted by molar-refractivity contribution is -0.112. The molecule has 0 saturated heterocycles. The Kier molecular flexibility index (Phi) is 2.88. The average molecular weight is 195 g/mol. The third-order valence-electron chi connectivity index (χ3n) is 1.42. The minimum atomic E-state index is -0.681. The summed E-state index contributed by atoms with van der Waals surface area (Å²) in [6, 6.07) is 1.76. The van der Waals surface area contributed by atoms with Gasteiger partial charge in [0.15, 0.2) is 0 Å². The largest absolute Gasteiger partial charge is 0.359 e. The fourth-order valence-electron chi connectivity index (χ4n) is 0.799. The van der Waals surface area contributed by atoms with E-state index in [1.165, 1.54) is 0 Å². The Hall–Kier alpha value is -1.53. The molecule has 4 heteroatoms. The van der Waals surface area contributed by atoms with Crippen LogP contribution in [-0.2, 0) is 4.79 Å². The lowest BCUT2D eigenvalue weighted by atomic mass is 10.2. The van der Waals surface area contributed by atoms with Gasteiger partial charge in [0.2, 0.25) is 0 Å². The van der Waals surface area contributed by atoms with E-state index in [-0.39, 0.29) is 5.15 Å². The molecule has 1 aromatic rings. The number of hydrogen-bond acceptors (Lipinski definition) is 2. The van der Waals surface area contributed by atoms with Gasteiger partial charge in [0.1, 0.15) is 5.15 Å². The molecule has 0 aromatic carbocycles. The second-order valence-electron chi connectivity index (χ2n) is 2.41. The first-order valence-corrected chi connectivity index (χ1v) is 3.91. The summed E-state index contributed by atoms with van der Waals surface area (Å²) < 4.78 is 0. The normalized spacial score (nSPS) is 8.77. The molecule has 1 rings (SSSR count). The van der Waals surface area contributed by atoms with E-state index in [0.29, 0.717) is 5.56 Å². The highest BCUT2D eigenvalue weighted by molar-refractivity contribution is 6.30. The molecule has 0 fully saturated rings. The van der Waals surface area contributed by atoms with Gasteiger partial charge in [-0.25, -0.2) is 4.98 Å². The lowest BCUT2D eigenvalue weighted by Gasteiger charge is -1.97. The van der Waals surface area contributed by atoms with Crippen LogP contribution in [0.3, 0.4) is 0 Å². The van der Waals surface area contributed by atoms with Crippen LogP contribution in [-0.4, -0.2) is 10.9 Å². The van der Waals surface area contributed by atoms with Crippen molar-refractivity contribution in [3.63, 3.8) is 0 Å². The molecule has 66 valence electrons. The van der Waals surface area contributed by atoms with E-state index in [9.17, 15) is 4.79 Å². The van der Waals surface area contributed by atoms with Crippen LogP contribution >= 0.6 is 11.6 Å². The van der Waals surface area contributed by atoms with E-state index in [1.807, 2.05) is 6.92 Å². The average Bonchev–Trinajstić information content (AvgIpc) is 2.03. The third-order valence-corrected chi connectivity index (χ3v) is 1.71. The summed E-state index contributed by atoms with van der Waals surface area (Å²) >= 11 is 5.75. The number of amides is 1. The molecule has 0 radical (unpaired) electrons. The molecule has 0 bridgehead atoms. The molecule has 0 aliphatic carbocycles. The van der Waals surface area contributed by atoms with Crippen LogP contribution < -0.4 is 5.73 Å². The van der Waals surface area contributed by atoms with Gasteiger partial charge in [-0.1, -0.05) is 17.5 Å². The van der Waals surface area contributed by atoms with E-state index in [4.69, 9.17) is 17.3 Å². The number of nitrogens with zero attached hydrogens (tertiary/aromatic N) is 1. The Morgan fingerprint density at radius 3 is 2.92 bits per heavy atom. The molecular weight excluding hydrogens is 188 g/mol. The summed E-state index contributed by atoms with van der Waals surface area (Å²) in [4.78, 5) is 14.2. The second-order valence-corrected chi connectivity index (χ2v) is 2.77. The first-order chi connectivity index (χ1) is 6.11. The summed E-state index contributed by atoms with van der Waals surface area (Å²) in [6.07, 6.45) is 1.58. The molecule has 0 spiro atoms. The number of aromatic nitrogens is 1. The number of pyridine rings is 1. The van der Waals surface area contributed by atoms with Crippen LogP contribution in [0.1, 0.15) is 11.1 Å². The Bertz CT molecular complexity index is 384. The molecule has 0 atom stereocenters. The first kappa shape index (κ1) is 9.56. The molecule has 3 nitrogen and oxygen atoms in total. The second kappa shape index (κ2) is 3.92. The Labute approximate surface area is 80.9 Å². The van der Waals surface area contributed by atoms with Gasteiger partial charge < -0.3 is 5.73 Å². The van der Waals surface area contributed by atoms with E-state index in [0.717, 1.165) is 5.56 Å². The van der Waals surface area contributed by atoms with Gasteiger partial charge in [-0.3, -0.25) is 4.79 Å². The van der Waals surface area contributed by atoms with Gasteiger partial charge in [-0.15, -0.1) is 0 Å². The zero-order chi connectivity index (χ0) is 9.84. The summed E-state index contributed by atoms with van der Waals surface area (Å²) in [5.41, 5.74) is 6.28. The fourth-order valence-corrected chi connectivity index (χ4v) is 1.05. The van der Waals surface area contributed by atoms with Crippen molar-refractivity contribution in [1.82, 2.24) is 4.98 Å². The van der Waals surface area contributed by atoms with Gasteiger partial charge in [0, 0.05) is 12.1 Å². The predicted molar refractivity (Wildman–Crippen MR) is 50.1 cm³/mol. The highest BCUT2D eigenvalue weighted by atomic mass is 35.5. The number of rotatable bonds is 0. The highest BCUT2D eigenvalue weighted by Crippen LogP contribution is 2.14. The quantitative estimate of drug-likeness (QED) is 0.493. The van der Waals surface area contributed by atoms with Crippen LogP contribution in [0.25, 0.3) is 0 Å². The van der Waals surface area contributed by atoms with Gasteiger partial charge in [0.25, 0.3) is 5.91 Å². The molecule has 1 aromatic heterocycles. The van der Waals surface area contributed by atoms with Crippen molar-refractivity contribution >= 4 is 17.5 Å².